The molecule has 2 heterocycles. The highest BCUT2D eigenvalue weighted by Gasteiger charge is 2.24. The van der Waals surface area contributed by atoms with Gasteiger partial charge in [0.1, 0.15) is 0 Å². The normalized spacial score (nSPS) is 21.3. The van der Waals surface area contributed by atoms with Crippen LogP contribution in [-0.2, 0) is 9.53 Å². The first-order valence-corrected chi connectivity index (χ1v) is 8.87. The van der Waals surface area contributed by atoms with Gasteiger partial charge in [-0.05, 0) is 32.0 Å². The summed E-state index contributed by atoms with van der Waals surface area (Å²) in [5, 5.41) is 4.88. The number of carbonyl (C=O) groups excluding carboxylic acids is 1. The van der Waals surface area contributed by atoms with Crippen molar-refractivity contribution in [2.75, 3.05) is 25.0 Å². The number of anilines is 1. The van der Waals surface area contributed by atoms with Gasteiger partial charge in [-0.1, -0.05) is 0 Å². The lowest BCUT2D eigenvalue weighted by atomic mass is 10.2. The van der Waals surface area contributed by atoms with Crippen LogP contribution in [0.1, 0.15) is 13.8 Å². The van der Waals surface area contributed by atoms with Crippen molar-refractivity contribution < 1.29 is 18.3 Å². The third-order valence-corrected chi connectivity index (χ3v) is 4.59. The quantitative estimate of drug-likeness (QED) is 0.902. The van der Waals surface area contributed by atoms with E-state index in [-0.39, 0.29) is 24.7 Å². The number of hydrogen-bond donors (Lipinski definition) is 1. The first-order chi connectivity index (χ1) is 11.9. The Morgan fingerprint density at radius 2 is 2.04 bits per heavy atom. The second-order valence-electron chi connectivity index (χ2n) is 6.17. The molecule has 0 saturated carbocycles. The van der Waals surface area contributed by atoms with Gasteiger partial charge in [-0.2, -0.15) is 0 Å². The third-order valence-electron chi connectivity index (χ3n) is 3.83. The van der Waals surface area contributed by atoms with E-state index in [4.69, 9.17) is 4.74 Å². The molecule has 5 nitrogen and oxygen atoms in total. The summed E-state index contributed by atoms with van der Waals surface area (Å²) >= 11 is 1.24. The molecule has 2 aromatic rings. The minimum absolute atomic E-state index is 0.0939. The summed E-state index contributed by atoms with van der Waals surface area (Å²) in [5.74, 6) is -1.99. The monoisotopic (exact) mass is 367 g/mol. The average Bonchev–Trinajstić information content (AvgIpc) is 2.97. The summed E-state index contributed by atoms with van der Waals surface area (Å²) < 4.78 is 32.0. The first kappa shape index (κ1) is 17.9. The van der Waals surface area contributed by atoms with E-state index in [1.807, 2.05) is 18.7 Å². The van der Waals surface area contributed by atoms with Gasteiger partial charge in [-0.3, -0.25) is 9.69 Å². The standard InChI is InChI=1S/C17H19F2N3O2S/c1-10-6-22(7-11(2)24-10)8-16(23)21-17-20-15(9-25-17)12-3-4-13(18)14(19)5-12/h3-5,9-11H,6-8H2,1-2H3,(H,20,21,23). The molecule has 1 aromatic heterocycles. The molecule has 3 rings (SSSR count). The van der Waals surface area contributed by atoms with Crippen LogP contribution in [0, 0.1) is 11.6 Å². The summed E-state index contributed by atoms with van der Waals surface area (Å²) in [6.07, 6.45) is 0.188. The van der Waals surface area contributed by atoms with Crippen molar-refractivity contribution >= 4 is 22.4 Å². The van der Waals surface area contributed by atoms with Crippen LogP contribution >= 0.6 is 11.3 Å². The molecular weight excluding hydrogens is 348 g/mol. The Morgan fingerprint density at radius 1 is 1.32 bits per heavy atom. The van der Waals surface area contributed by atoms with Crippen LogP contribution in [0.25, 0.3) is 11.3 Å². The molecule has 1 aromatic carbocycles. The highest BCUT2D eigenvalue weighted by atomic mass is 32.1. The zero-order valence-corrected chi connectivity index (χ0v) is 14.8. The molecule has 1 aliphatic heterocycles. The van der Waals surface area contributed by atoms with Gasteiger partial charge in [-0.15, -0.1) is 11.3 Å². The summed E-state index contributed by atoms with van der Waals surface area (Å²) in [6, 6.07) is 3.60. The molecule has 1 N–H and O–H groups in total. The number of halogens is 2. The van der Waals surface area contributed by atoms with Gasteiger partial charge in [-0.25, -0.2) is 13.8 Å². The number of carbonyl (C=O) groups is 1. The molecule has 1 fully saturated rings. The van der Waals surface area contributed by atoms with Crippen LogP contribution in [0.5, 0.6) is 0 Å². The number of rotatable bonds is 4. The Hall–Kier alpha value is -1.90. The van der Waals surface area contributed by atoms with Crippen molar-refractivity contribution in [3.05, 3.63) is 35.2 Å². The number of aromatic nitrogens is 1. The highest BCUT2D eigenvalue weighted by Crippen LogP contribution is 2.26. The third kappa shape index (κ3) is 4.59. The lowest BCUT2D eigenvalue weighted by molar-refractivity contribution is -0.121. The zero-order chi connectivity index (χ0) is 18.0. The molecule has 8 heteroatoms. The van der Waals surface area contributed by atoms with Crippen molar-refractivity contribution in [1.29, 1.82) is 0 Å². The molecule has 2 unspecified atom stereocenters. The maximum Gasteiger partial charge on any atom is 0.240 e. The molecule has 134 valence electrons. The highest BCUT2D eigenvalue weighted by molar-refractivity contribution is 7.14. The summed E-state index contributed by atoms with van der Waals surface area (Å²) in [4.78, 5) is 18.5. The number of morpholine rings is 1. The maximum atomic E-state index is 13.3. The Bertz CT molecular complexity index is 758. The van der Waals surface area contributed by atoms with Crippen LogP contribution in [0.15, 0.2) is 23.6 Å². The summed E-state index contributed by atoms with van der Waals surface area (Å²) in [6.45, 7) is 5.63. The zero-order valence-electron chi connectivity index (χ0n) is 14.0. The second-order valence-corrected chi connectivity index (χ2v) is 7.02. The van der Waals surface area contributed by atoms with Crippen molar-refractivity contribution in [3.8, 4) is 11.3 Å². The fourth-order valence-electron chi connectivity index (χ4n) is 2.89. The number of ether oxygens (including phenoxy) is 1. The number of hydrogen-bond acceptors (Lipinski definition) is 5. The Balaban J connectivity index is 1.61. The van der Waals surface area contributed by atoms with E-state index in [1.165, 1.54) is 17.4 Å². The molecule has 1 saturated heterocycles. The molecule has 0 radical (unpaired) electrons. The van der Waals surface area contributed by atoms with E-state index < -0.39 is 11.6 Å². The molecule has 2 atom stereocenters. The largest absolute Gasteiger partial charge is 0.373 e. The van der Waals surface area contributed by atoms with Crippen molar-refractivity contribution in [2.45, 2.75) is 26.1 Å². The van der Waals surface area contributed by atoms with E-state index in [1.54, 1.807) is 5.38 Å². The average molecular weight is 367 g/mol. The summed E-state index contributed by atoms with van der Waals surface area (Å²) in [7, 11) is 0. The van der Waals surface area contributed by atoms with Crippen LogP contribution < -0.4 is 5.32 Å². The van der Waals surface area contributed by atoms with Gasteiger partial charge in [0.2, 0.25) is 5.91 Å². The van der Waals surface area contributed by atoms with E-state index in [0.717, 1.165) is 12.1 Å². The molecule has 0 bridgehead atoms. The Morgan fingerprint density at radius 3 is 2.72 bits per heavy atom. The number of nitrogens with one attached hydrogen (secondary N) is 1. The minimum atomic E-state index is -0.924. The summed E-state index contributed by atoms with van der Waals surface area (Å²) in [5.41, 5.74) is 0.958. The SMILES string of the molecule is CC1CN(CC(=O)Nc2nc(-c3ccc(F)c(F)c3)cs2)CC(C)O1. The predicted molar refractivity (Wildman–Crippen MR) is 92.5 cm³/mol. The fourth-order valence-corrected chi connectivity index (χ4v) is 3.63. The lowest BCUT2D eigenvalue weighted by Gasteiger charge is -2.34. The van der Waals surface area contributed by atoms with Gasteiger partial charge < -0.3 is 10.1 Å². The lowest BCUT2D eigenvalue weighted by Crippen LogP contribution is -2.48. The fraction of sp³-hybridized carbons (Fsp3) is 0.412. The molecular formula is C17H19F2N3O2S. The van der Waals surface area contributed by atoms with E-state index in [2.05, 4.69) is 10.3 Å². The van der Waals surface area contributed by atoms with Gasteiger partial charge >= 0.3 is 0 Å². The van der Waals surface area contributed by atoms with E-state index >= 15 is 0 Å². The van der Waals surface area contributed by atoms with Crippen LogP contribution in [-0.4, -0.2) is 47.6 Å². The van der Waals surface area contributed by atoms with Crippen molar-refractivity contribution in [1.82, 2.24) is 9.88 Å². The van der Waals surface area contributed by atoms with Gasteiger partial charge in [0.05, 0.1) is 24.4 Å². The predicted octanol–water partition coefficient (Wildman–Crippen LogP) is 3.14. The molecule has 0 aliphatic carbocycles. The maximum absolute atomic E-state index is 13.3. The second kappa shape index (κ2) is 7.55. The van der Waals surface area contributed by atoms with Gasteiger partial charge in [0.15, 0.2) is 16.8 Å². The van der Waals surface area contributed by atoms with E-state index in [0.29, 0.717) is 29.5 Å². The molecule has 1 aliphatic rings. The van der Waals surface area contributed by atoms with E-state index in [9.17, 15) is 13.6 Å². The molecule has 25 heavy (non-hydrogen) atoms. The van der Waals surface area contributed by atoms with Crippen LogP contribution in [0.3, 0.4) is 0 Å². The molecule has 0 spiro atoms. The Kier molecular flexibility index (Phi) is 5.41. The Labute approximate surface area is 148 Å². The van der Waals surface area contributed by atoms with Gasteiger partial charge in [0.25, 0.3) is 0 Å². The van der Waals surface area contributed by atoms with Crippen LogP contribution in [0.2, 0.25) is 0 Å². The minimum Gasteiger partial charge on any atom is -0.373 e. The smallest absolute Gasteiger partial charge is 0.240 e. The van der Waals surface area contributed by atoms with Gasteiger partial charge in [0, 0.05) is 24.0 Å². The van der Waals surface area contributed by atoms with Crippen molar-refractivity contribution in [3.63, 3.8) is 0 Å². The number of nitrogens with zero attached hydrogens (tertiary/aromatic N) is 2. The van der Waals surface area contributed by atoms with Crippen molar-refractivity contribution in [2.24, 2.45) is 0 Å². The number of thiazole rings is 1. The number of benzene rings is 1. The molecule has 1 amide bonds. The number of amides is 1. The first-order valence-electron chi connectivity index (χ1n) is 7.99. The van der Waals surface area contributed by atoms with Crippen LogP contribution in [0.4, 0.5) is 13.9 Å². The topological polar surface area (TPSA) is 54.5 Å².